The summed E-state index contributed by atoms with van der Waals surface area (Å²) in [6.07, 6.45) is 7.01. The summed E-state index contributed by atoms with van der Waals surface area (Å²) in [6, 6.07) is 5.99. The fraction of sp³-hybridized carbons (Fsp3) is 0.160. The van der Waals surface area contributed by atoms with Gasteiger partial charge in [-0.1, -0.05) is 18.2 Å². The normalized spacial score (nSPS) is 13.9. The number of carbonyl (C=O) groups is 2. The van der Waals surface area contributed by atoms with Crippen LogP contribution in [0.1, 0.15) is 40.5 Å². The van der Waals surface area contributed by atoms with E-state index in [0.717, 1.165) is 5.39 Å². The second-order valence-corrected chi connectivity index (χ2v) is 8.02. The van der Waals surface area contributed by atoms with E-state index in [1.165, 1.54) is 19.1 Å². The van der Waals surface area contributed by atoms with Gasteiger partial charge in [0.05, 0.1) is 29.5 Å². The maximum absolute atomic E-state index is 14.9. The van der Waals surface area contributed by atoms with Gasteiger partial charge >= 0.3 is 0 Å². The summed E-state index contributed by atoms with van der Waals surface area (Å²) in [4.78, 5) is 25.6. The maximum Gasteiger partial charge on any atom is 0.176 e. The summed E-state index contributed by atoms with van der Waals surface area (Å²) in [7, 11) is 0. The molecule has 7 heteroatoms. The number of H-pyrrole nitrogens is 1. The van der Waals surface area contributed by atoms with Gasteiger partial charge in [0.15, 0.2) is 11.6 Å². The molecule has 1 aliphatic rings. The lowest BCUT2D eigenvalue weighted by Gasteiger charge is -2.13. The third kappa shape index (κ3) is 3.09. The number of Topliss-reactive ketones (excluding diaryl/α,β-unsaturated/α-hetero) is 2. The van der Waals surface area contributed by atoms with Gasteiger partial charge in [0.2, 0.25) is 0 Å². The number of aromatic amines is 1. The predicted octanol–water partition coefficient (Wildman–Crippen LogP) is 5.27. The van der Waals surface area contributed by atoms with E-state index in [-0.39, 0.29) is 30.2 Å². The molecule has 160 valence electrons. The van der Waals surface area contributed by atoms with E-state index in [1.54, 1.807) is 48.0 Å². The van der Waals surface area contributed by atoms with Gasteiger partial charge < -0.3 is 4.57 Å². The van der Waals surface area contributed by atoms with Crippen LogP contribution in [0.5, 0.6) is 0 Å². The summed E-state index contributed by atoms with van der Waals surface area (Å²) in [5, 5.41) is 7.97. The third-order valence-corrected chi connectivity index (χ3v) is 5.88. The molecule has 2 heterocycles. The molecule has 4 aromatic rings. The lowest BCUT2D eigenvalue weighted by molar-refractivity contribution is -0.113. The Morgan fingerprint density at radius 3 is 2.75 bits per heavy atom. The number of halogens is 2. The average Bonchev–Trinajstić information content (AvgIpc) is 3.31. The van der Waals surface area contributed by atoms with Crippen LogP contribution >= 0.6 is 0 Å². The maximum atomic E-state index is 14.9. The van der Waals surface area contributed by atoms with Gasteiger partial charge in [-0.05, 0) is 36.8 Å². The smallest absolute Gasteiger partial charge is 0.176 e. The molecule has 0 spiro atoms. The number of aromatic nitrogens is 3. The van der Waals surface area contributed by atoms with Crippen LogP contribution in [0.25, 0.3) is 27.4 Å². The van der Waals surface area contributed by atoms with E-state index >= 15 is 0 Å². The Kier molecular flexibility index (Phi) is 4.62. The lowest BCUT2D eigenvalue weighted by atomic mass is 9.92. The molecule has 0 bridgehead atoms. The van der Waals surface area contributed by atoms with Crippen molar-refractivity contribution in [1.82, 2.24) is 14.8 Å². The number of nitrogens with one attached hydrogen (secondary N) is 1. The first-order valence-electron chi connectivity index (χ1n) is 10.2. The zero-order chi connectivity index (χ0) is 22.6. The number of hydrogen-bond donors (Lipinski definition) is 1. The second-order valence-electron chi connectivity index (χ2n) is 8.02. The summed E-state index contributed by atoms with van der Waals surface area (Å²) in [6.45, 7) is 3.03. The van der Waals surface area contributed by atoms with Crippen LogP contribution in [0, 0.1) is 18.6 Å². The third-order valence-electron chi connectivity index (χ3n) is 5.88. The first-order valence-corrected chi connectivity index (χ1v) is 10.2. The van der Waals surface area contributed by atoms with Crippen molar-refractivity contribution >= 4 is 38.9 Å². The molecule has 0 atom stereocenters. The number of fused-ring (bicyclic) bond motifs is 2. The molecule has 32 heavy (non-hydrogen) atoms. The molecule has 0 saturated carbocycles. The second kappa shape index (κ2) is 7.37. The van der Waals surface area contributed by atoms with Crippen LogP contribution in [-0.4, -0.2) is 26.3 Å². The van der Waals surface area contributed by atoms with Crippen molar-refractivity contribution in [3.63, 3.8) is 0 Å². The molecule has 0 fully saturated rings. The van der Waals surface area contributed by atoms with Gasteiger partial charge in [-0.2, -0.15) is 5.10 Å². The Bertz CT molecular complexity index is 1500. The van der Waals surface area contributed by atoms with Crippen LogP contribution in [0.2, 0.25) is 0 Å². The minimum atomic E-state index is -0.469. The monoisotopic (exact) mass is 431 g/mol. The Morgan fingerprint density at radius 2 is 2.00 bits per heavy atom. The summed E-state index contributed by atoms with van der Waals surface area (Å²) >= 11 is 0. The van der Waals surface area contributed by atoms with Gasteiger partial charge in [-0.25, -0.2) is 8.78 Å². The number of allylic oxidation sites excluding steroid dienone is 4. The molecule has 0 amide bonds. The highest BCUT2D eigenvalue weighted by atomic mass is 19.1. The molecule has 2 aromatic heterocycles. The molecule has 0 aliphatic heterocycles. The SMILES string of the molecule is CC(=O)c1c(C2=CC=CCC2=O)c2cc(C)c(F)cc2n1Cc1cc2cn[nH]c2cc1F. The molecular formula is C25H19F2N3O2. The van der Waals surface area contributed by atoms with Gasteiger partial charge in [-0.15, -0.1) is 0 Å². The van der Waals surface area contributed by atoms with Crippen molar-refractivity contribution in [1.29, 1.82) is 0 Å². The average molecular weight is 431 g/mol. The van der Waals surface area contributed by atoms with E-state index in [2.05, 4.69) is 10.2 Å². The van der Waals surface area contributed by atoms with Crippen molar-refractivity contribution in [3.05, 3.63) is 82.7 Å². The minimum absolute atomic E-state index is 0.00181. The predicted molar refractivity (Wildman–Crippen MR) is 119 cm³/mol. The van der Waals surface area contributed by atoms with Crippen molar-refractivity contribution in [3.8, 4) is 0 Å². The summed E-state index contributed by atoms with van der Waals surface area (Å²) < 4.78 is 31.1. The Balaban J connectivity index is 1.82. The van der Waals surface area contributed by atoms with Crippen molar-refractivity contribution < 1.29 is 18.4 Å². The van der Waals surface area contributed by atoms with Crippen LogP contribution < -0.4 is 0 Å². The molecule has 5 nitrogen and oxygen atoms in total. The van der Waals surface area contributed by atoms with E-state index in [1.807, 2.05) is 0 Å². The number of rotatable bonds is 4. The van der Waals surface area contributed by atoms with Crippen LogP contribution in [0.3, 0.4) is 0 Å². The molecule has 1 N–H and O–H groups in total. The molecular weight excluding hydrogens is 412 g/mol. The number of aryl methyl sites for hydroxylation is 1. The van der Waals surface area contributed by atoms with Gasteiger partial charge in [-0.3, -0.25) is 14.7 Å². The molecule has 0 radical (unpaired) electrons. The fourth-order valence-electron chi connectivity index (χ4n) is 4.35. The zero-order valence-electron chi connectivity index (χ0n) is 17.5. The largest absolute Gasteiger partial charge is 0.333 e. The van der Waals surface area contributed by atoms with E-state index in [9.17, 15) is 18.4 Å². The fourth-order valence-corrected chi connectivity index (χ4v) is 4.35. The number of benzene rings is 2. The Hall–Kier alpha value is -3.87. The molecule has 5 rings (SSSR count). The van der Waals surface area contributed by atoms with Crippen LogP contribution in [0.15, 0.2) is 48.7 Å². The van der Waals surface area contributed by atoms with E-state index < -0.39 is 11.6 Å². The molecule has 0 unspecified atom stereocenters. The molecule has 0 saturated heterocycles. The van der Waals surface area contributed by atoms with Gasteiger partial charge in [0.25, 0.3) is 0 Å². The highest BCUT2D eigenvalue weighted by Crippen LogP contribution is 2.36. The van der Waals surface area contributed by atoms with Gasteiger partial charge in [0, 0.05) is 40.8 Å². The number of nitrogens with zero attached hydrogens (tertiary/aromatic N) is 2. The first-order chi connectivity index (χ1) is 15.3. The Labute approximate surface area is 182 Å². The number of carbonyl (C=O) groups excluding carboxylic acids is 2. The number of ketones is 2. The van der Waals surface area contributed by atoms with Gasteiger partial charge in [0.1, 0.15) is 11.6 Å². The molecule has 1 aliphatic carbocycles. The molecule has 2 aromatic carbocycles. The van der Waals surface area contributed by atoms with Crippen LogP contribution in [0.4, 0.5) is 8.78 Å². The van der Waals surface area contributed by atoms with Crippen LogP contribution in [-0.2, 0) is 11.3 Å². The van der Waals surface area contributed by atoms with Crippen molar-refractivity contribution in [2.45, 2.75) is 26.8 Å². The van der Waals surface area contributed by atoms with Crippen molar-refractivity contribution in [2.75, 3.05) is 0 Å². The zero-order valence-corrected chi connectivity index (χ0v) is 17.5. The minimum Gasteiger partial charge on any atom is -0.333 e. The van der Waals surface area contributed by atoms with Crippen molar-refractivity contribution in [2.24, 2.45) is 0 Å². The topological polar surface area (TPSA) is 67.8 Å². The van der Waals surface area contributed by atoms with E-state index in [4.69, 9.17) is 0 Å². The van der Waals surface area contributed by atoms with E-state index in [0.29, 0.717) is 38.7 Å². The quantitative estimate of drug-likeness (QED) is 0.448. The lowest BCUT2D eigenvalue weighted by Crippen LogP contribution is -2.12. The first kappa shape index (κ1) is 20.1. The number of hydrogen-bond acceptors (Lipinski definition) is 3. The highest BCUT2D eigenvalue weighted by molar-refractivity contribution is 6.27. The highest BCUT2D eigenvalue weighted by Gasteiger charge is 2.27. The summed E-state index contributed by atoms with van der Waals surface area (Å²) in [5.74, 6) is -1.32. The Morgan fingerprint density at radius 1 is 1.19 bits per heavy atom. The standard InChI is InChI=1S/C25H19F2N3O2/c1-13-7-18-22(10-19(13)26)30(12-16-8-15-11-28-29-21(15)9-20(16)27)25(14(2)31)24(18)17-5-3-4-6-23(17)32/h3-5,7-11H,6,12H2,1-2H3,(H,28,29). The summed E-state index contributed by atoms with van der Waals surface area (Å²) in [5.41, 5.74) is 2.84.